The Hall–Kier alpha value is -2.26. The molecule has 3 rings (SSSR count). The Labute approximate surface area is 136 Å². The average Bonchev–Trinajstić information content (AvgIpc) is 3.13. The van der Waals surface area contributed by atoms with Crippen LogP contribution in [0.4, 0.5) is 4.39 Å². The van der Waals surface area contributed by atoms with E-state index in [9.17, 15) is 4.39 Å². The zero-order valence-corrected chi connectivity index (χ0v) is 13.3. The third-order valence-electron chi connectivity index (χ3n) is 3.06. The summed E-state index contributed by atoms with van der Waals surface area (Å²) >= 11 is 1.35. The van der Waals surface area contributed by atoms with Gasteiger partial charge in [-0.05, 0) is 25.6 Å². The summed E-state index contributed by atoms with van der Waals surface area (Å²) in [7, 11) is 0. The summed E-state index contributed by atoms with van der Waals surface area (Å²) in [5, 5.41) is 12.5. The SMILES string of the molecule is Cc1noc(CSc2nnc(CCN)n2-c2ccccc2F)n1. The molecule has 3 aromatic rings. The average molecular weight is 334 g/mol. The van der Waals surface area contributed by atoms with Crippen molar-refractivity contribution in [3.63, 3.8) is 0 Å². The molecule has 0 radical (unpaired) electrons. The monoisotopic (exact) mass is 334 g/mol. The Morgan fingerprint density at radius 2 is 2.13 bits per heavy atom. The molecule has 0 saturated carbocycles. The molecule has 7 nitrogen and oxygen atoms in total. The maximum Gasteiger partial charge on any atom is 0.237 e. The number of para-hydroxylation sites is 1. The molecule has 0 spiro atoms. The van der Waals surface area contributed by atoms with Gasteiger partial charge in [0.2, 0.25) is 5.89 Å². The predicted octanol–water partition coefficient (Wildman–Crippen LogP) is 1.89. The van der Waals surface area contributed by atoms with Crippen molar-refractivity contribution in [3.8, 4) is 5.69 Å². The summed E-state index contributed by atoms with van der Waals surface area (Å²) in [6.45, 7) is 2.15. The number of hydrogen-bond acceptors (Lipinski definition) is 7. The first-order chi connectivity index (χ1) is 11.2. The van der Waals surface area contributed by atoms with E-state index in [0.29, 0.717) is 47.1 Å². The van der Waals surface area contributed by atoms with Gasteiger partial charge in [-0.2, -0.15) is 4.98 Å². The van der Waals surface area contributed by atoms with Gasteiger partial charge >= 0.3 is 0 Å². The van der Waals surface area contributed by atoms with E-state index in [1.54, 1.807) is 29.7 Å². The summed E-state index contributed by atoms with van der Waals surface area (Å²) in [6.07, 6.45) is 0.502. The summed E-state index contributed by atoms with van der Waals surface area (Å²) in [5.74, 6) is 1.74. The summed E-state index contributed by atoms with van der Waals surface area (Å²) in [6, 6.07) is 6.48. The first-order valence-electron chi connectivity index (χ1n) is 7.00. The second-order valence-corrected chi connectivity index (χ2v) is 5.69. The minimum absolute atomic E-state index is 0.346. The van der Waals surface area contributed by atoms with Crippen LogP contribution in [0.15, 0.2) is 33.9 Å². The molecular formula is C14H15FN6OS. The Bertz CT molecular complexity index is 802. The molecule has 0 bridgehead atoms. The van der Waals surface area contributed by atoms with Crippen molar-refractivity contribution in [1.82, 2.24) is 24.9 Å². The third kappa shape index (κ3) is 3.40. The smallest absolute Gasteiger partial charge is 0.237 e. The number of hydrogen-bond donors (Lipinski definition) is 1. The van der Waals surface area contributed by atoms with Crippen LogP contribution in [-0.2, 0) is 12.2 Å². The van der Waals surface area contributed by atoms with Gasteiger partial charge in [0.15, 0.2) is 11.0 Å². The summed E-state index contributed by atoms with van der Waals surface area (Å²) < 4.78 is 20.9. The van der Waals surface area contributed by atoms with Gasteiger partial charge in [0.25, 0.3) is 0 Å². The van der Waals surface area contributed by atoms with Crippen molar-refractivity contribution >= 4 is 11.8 Å². The molecule has 0 fully saturated rings. The van der Waals surface area contributed by atoms with Gasteiger partial charge in [0, 0.05) is 6.42 Å². The zero-order chi connectivity index (χ0) is 16.2. The van der Waals surface area contributed by atoms with E-state index in [4.69, 9.17) is 10.3 Å². The topological polar surface area (TPSA) is 95.6 Å². The minimum atomic E-state index is -0.346. The first kappa shape index (κ1) is 15.6. The number of aryl methyl sites for hydroxylation is 1. The van der Waals surface area contributed by atoms with E-state index in [1.807, 2.05) is 0 Å². The fourth-order valence-electron chi connectivity index (χ4n) is 2.08. The number of thioether (sulfide) groups is 1. The van der Waals surface area contributed by atoms with Crippen LogP contribution < -0.4 is 5.73 Å². The van der Waals surface area contributed by atoms with Gasteiger partial charge in [0.05, 0.1) is 11.4 Å². The van der Waals surface area contributed by atoms with Gasteiger partial charge in [-0.3, -0.25) is 4.57 Å². The maximum absolute atomic E-state index is 14.2. The molecule has 0 aliphatic rings. The number of benzene rings is 1. The van der Waals surface area contributed by atoms with Crippen LogP contribution in [0, 0.1) is 12.7 Å². The molecule has 23 heavy (non-hydrogen) atoms. The number of nitrogens with zero attached hydrogens (tertiary/aromatic N) is 5. The molecule has 120 valence electrons. The Balaban J connectivity index is 1.92. The third-order valence-corrected chi connectivity index (χ3v) is 3.97. The largest absolute Gasteiger partial charge is 0.338 e. The van der Waals surface area contributed by atoms with Crippen LogP contribution in [0.25, 0.3) is 5.69 Å². The highest BCUT2D eigenvalue weighted by Crippen LogP contribution is 2.26. The lowest BCUT2D eigenvalue weighted by Gasteiger charge is -2.10. The molecule has 9 heteroatoms. The normalized spacial score (nSPS) is 11.1. The molecule has 2 N–H and O–H groups in total. The molecule has 0 amide bonds. The fraction of sp³-hybridized carbons (Fsp3) is 0.286. The molecule has 2 aromatic heterocycles. The Morgan fingerprint density at radius 1 is 1.30 bits per heavy atom. The van der Waals surface area contributed by atoms with Crippen LogP contribution in [0.2, 0.25) is 0 Å². The Kier molecular flexibility index (Phi) is 4.68. The molecule has 0 aliphatic heterocycles. The quantitative estimate of drug-likeness (QED) is 0.688. The molecule has 0 unspecified atom stereocenters. The predicted molar refractivity (Wildman–Crippen MR) is 82.7 cm³/mol. The molecule has 0 saturated heterocycles. The lowest BCUT2D eigenvalue weighted by Crippen LogP contribution is -2.10. The van der Waals surface area contributed by atoms with Gasteiger partial charge in [-0.25, -0.2) is 4.39 Å². The highest BCUT2D eigenvalue weighted by atomic mass is 32.2. The molecule has 0 atom stereocenters. The first-order valence-corrected chi connectivity index (χ1v) is 7.99. The number of halogens is 1. The highest BCUT2D eigenvalue weighted by molar-refractivity contribution is 7.98. The van der Waals surface area contributed by atoms with Crippen LogP contribution in [0.5, 0.6) is 0 Å². The number of rotatable bonds is 6. The second kappa shape index (κ2) is 6.88. The van der Waals surface area contributed by atoms with Crippen LogP contribution in [0.1, 0.15) is 17.5 Å². The van der Waals surface area contributed by atoms with Gasteiger partial charge in [-0.1, -0.05) is 29.1 Å². The number of nitrogens with two attached hydrogens (primary N) is 1. The van der Waals surface area contributed by atoms with E-state index in [1.165, 1.54) is 17.8 Å². The van der Waals surface area contributed by atoms with E-state index < -0.39 is 0 Å². The minimum Gasteiger partial charge on any atom is -0.338 e. The van der Waals surface area contributed by atoms with Gasteiger partial charge < -0.3 is 10.3 Å². The highest BCUT2D eigenvalue weighted by Gasteiger charge is 2.17. The van der Waals surface area contributed by atoms with Crippen LogP contribution in [-0.4, -0.2) is 31.4 Å². The standard InChI is InChI=1S/C14H15FN6OS/c1-9-17-13(22-20-9)8-23-14-19-18-12(6-7-16)21(14)11-5-3-2-4-10(11)15/h2-5H,6-8,16H2,1H3. The van der Waals surface area contributed by atoms with Crippen LogP contribution in [0.3, 0.4) is 0 Å². The second-order valence-electron chi connectivity index (χ2n) is 4.75. The fourth-order valence-corrected chi connectivity index (χ4v) is 2.89. The van der Waals surface area contributed by atoms with E-state index in [0.717, 1.165) is 0 Å². The van der Waals surface area contributed by atoms with Crippen molar-refractivity contribution in [2.75, 3.05) is 6.54 Å². The van der Waals surface area contributed by atoms with Crippen molar-refractivity contribution < 1.29 is 8.91 Å². The number of aromatic nitrogens is 5. The molecule has 0 aliphatic carbocycles. The van der Waals surface area contributed by atoms with E-state index in [-0.39, 0.29) is 5.82 Å². The zero-order valence-electron chi connectivity index (χ0n) is 12.4. The summed E-state index contributed by atoms with van der Waals surface area (Å²) in [5.41, 5.74) is 6.00. The van der Waals surface area contributed by atoms with Gasteiger partial charge in [-0.15, -0.1) is 10.2 Å². The van der Waals surface area contributed by atoms with Crippen molar-refractivity contribution in [3.05, 3.63) is 47.6 Å². The van der Waals surface area contributed by atoms with Crippen molar-refractivity contribution in [2.45, 2.75) is 24.3 Å². The van der Waals surface area contributed by atoms with Crippen LogP contribution >= 0.6 is 11.8 Å². The van der Waals surface area contributed by atoms with Crippen molar-refractivity contribution in [1.29, 1.82) is 0 Å². The van der Waals surface area contributed by atoms with E-state index >= 15 is 0 Å². The lowest BCUT2D eigenvalue weighted by molar-refractivity contribution is 0.387. The Morgan fingerprint density at radius 3 is 2.83 bits per heavy atom. The molecule has 2 heterocycles. The van der Waals surface area contributed by atoms with E-state index in [2.05, 4.69) is 20.3 Å². The molecule has 1 aromatic carbocycles. The van der Waals surface area contributed by atoms with Crippen molar-refractivity contribution in [2.24, 2.45) is 5.73 Å². The maximum atomic E-state index is 14.2. The summed E-state index contributed by atoms with van der Waals surface area (Å²) in [4.78, 5) is 4.14. The van der Waals surface area contributed by atoms with Gasteiger partial charge in [0.1, 0.15) is 11.6 Å². The lowest BCUT2D eigenvalue weighted by atomic mass is 10.3. The molecular weight excluding hydrogens is 319 g/mol.